The van der Waals surface area contributed by atoms with Crippen molar-refractivity contribution in [3.05, 3.63) is 0 Å². The first-order valence-corrected chi connectivity index (χ1v) is 2.88. The van der Waals surface area contributed by atoms with Gasteiger partial charge in [0.1, 0.15) is 0 Å². The van der Waals surface area contributed by atoms with E-state index in [0.717, 1.165) is 6.54 Å². The number of hydrazine groups is 1. The highest BCUT2D eigenvalue weighted by molar-refractivity contribution is 4.41. The summed E-state index contributed by atoms with van der Waals surface area (Å²) in [6.07, 6.45) is 0. The van der Waals surface area contributed by atoms with Crippen LogP contribution in [0.5, 0.6) is 0 Å². The molecule has 0 saturated heterocycles. The predicted molar refractivity (Wildman–Crippen MR) is 33.4 cm³/mol. The monoisotopic (exact) mass is 118 g/mol. The number of hydrogen-bond donors (Lipinski definition) is 2. The molecule has 0 aliphatic heterocycles. The van der Waals surface area contributed by atoms with Crippen LogP contribution in [0.4, 0.5) is 0 Å². The third-order valence-corrected chi connectivity index (χ3v) is 1.07. The van der Waals surface area contributed by atoms with Crippen LogP contribution in [0.15, 0.2) is 0 Å². The summed E-state index contributed by atoms with van der Waals surface area (Å²) in [6, 6.07) is 0. The van der Waals surface area contributed by atoms with Gasteiger partial charge in [0.2, 0.25) is 0 Å². The van der Waals surface area contributed by atoms with Crippen molar-refractivity contribution in [1.29, 1.82) is 0 Å². The molecule has 0 bridgehead atoms. The van der Waals surface area contributed by atoms with Crippen molar-refractivity contribution in [3.8, 4) is 0 Å². The molecule has 0 aromatic carbocycles. The van der Waals surface area contributed by atoms with Gasteiger partial charge in [0.05, 0.1) is 6.61 Å². The molecule has 0 unspecified atom stereocenters. The molecule has 0 aliphatic carbocycles. The van der Waals surface area contributed by atoms with Crippen LogP contribution in [0.1, 0.15) is 6.92 Å². The Morgan fingerprint density at radius 1 is 1.62 bits per heavy atom. The highest BCUT2D eigenvalue weighted by atomic mass is 16.3. The van der Waals surface area contributed by atoms with Gasteiger partial charge in [-0.1, -0.05) is 6.92 Å². The molecule has 8 heavy (non-hydrogen) atoms. The molecule has 0 rings (SSSR count). The zero-order valence-electron chi connectivity index (χ0n) is 5.52. The van der Waals surface area contributed by atoms with Crippen molar-refractivity contribution in [2.24, 2.45) is 0 Å². The van der Waals surface area contributed by atoms with Crippen LogP contribution in [0.25, 0.3) is 0 Å². The molecule has 0 aliphatic rings. The normalized spacial score (nSPS) is 10.5. The van der Waals surface area contributed by atoms with Crippen molar-refractivity contribution < 1.29 is 5.11 Å². The number of aliphatic hydroxyl groups excluding tert-OH is 1. The Bertz CT molecular complexity index is 45.7. The maximum atomic E-state index is 8.42. The summed E-state index contributed by atoms with van der Waals surface area (Å²) in [5.41, 5.74) is 2.93. The summed E-state index contributed by atoms with van der Waals surface area (Å²) < 4.78 is 0. The Hall–Kier alpha value is -0.120. The molecule has 0 heterocycles. The number of rotatable bonds is 4. The van der Waals surface area contributed by atoms with E-state index in [1.807, 2.05) is 19.0 Å². The Labute approximate surface area is 50.3 Å². The zero-order chi connectivity index (χ0) is 6.41. The van der Waals surface area contributed by atoms with Crippen LogP contribution in [0.3, 0.4) is 0 Å². The van der Waals surface area contributed by atoms with Crippen molar-refractivity contribution >= 4 is 0 Å². The number of aliphatic hydroxyl groups is 1. The number of hydrogen-bond acceptors (Lipinski definition) is 3. The van der Waals surface area contributed by atoms with Crippen molar-refractivity contribution in [2.75, 3.05) is 26.7 Å². The summed E-state index contributed by atoms with van der Waals surface area (Å²) in [7, 11) is 1.85. The Morgan fingerprint density at radius 2 is 2.25 bits per heavy atom. The van der Waals surface area contributed by atoms with Gasteiger partial charge in [-0.2, -0.15) is 0 Å². The minimum absolute atomic E-state index is 0.217. The van der Waals surface area contributed by atoms with Gasteiger partial charge in [-0.05, 0) is 7.05 Å². The Kier molecular flexibility index (Phi) is 4.95. The van der Waals surface area contributed by atoms with E-state index in [2.05, 4.69) is 5.43 Å². The summed E-state index contributed by atoms with van der Waals surface area (Å²) >= 11 is 0. The van der Waals surface area contributed by atoms with Gasteiger partial charge in [-0.25, -0.2) is 5.01 Å². The highest BCUT2D eigenvalue weighted by Gasteiger charge is 1.92. The molecule has 0 aromatic rings. The zero-order valence-corrected chi connectivity index (χ0v) is 5.52. The lowest BCUT2D eigenvalue weighted by Crippen LogP contribution is -2.36. The lowest BCUT2D eigenvalue weighted by atomic mass is 10.6. The largest absolute Gasteiger partial charge is 0.395 e. The molecule has 0 saturated carbocycles. The van der Waals surface area contributed by atoms with Crippen LogP contribution < -0.4 is 5.43 Å². The second-order valence-electron chi connectivity index (χ2n) is 1.53. The van der Waals surface area contributed by atoms with E-state index in [1.165, 1.54) is 0 Å². The summed E-state index contributed by atoms with van der Waals surface area (Å²) in [4.78, 5) is 0. The number of nitrogens with one attached hydrogen (secondary N) is 1. The first-order chi connectivity index (χ1) is 3.85. The standard InChI is InChI=1S/C5H14N2O/c1-3-7(6-2)4-5-8/h6,8H,3-5H2,1-2H3. The second kappa shape index (κ2) is 5.03. The second-order valence-corrected chi connectivity index (χ2v) is 1.53. The van der Waals surface area contributed by atoms with E-state index in [1.54, 1.807) is 0 Å². The van der Waals surface area contributed by atoms with E-state index in [4.69, 9.17) is 5.11 Å². The van der Waals surface area contributed by atoms with Gasteiger partial charge in [0.15, 0.2) is 0 Å². The summed E-state index contributed by atoms with van der Waals surface area (Å²) in [5.74, 6) is 0. The minimum atomic E-state index is 0.217. The number of likely N-dealkylation sites (N-methyl/N-ethyl adjacent to an activating group) is 1. The summed E-state index contributed by atoms with van der Waals surface area (Å²) in [6.45, 7) is 3.88. The Balaban J connectivity index is 3.07. The molecule has 3 heteroatoms. The SMILES string of the molecule is CCN(CCO)NC. The molecule has 0 aromatic heterocycles. The van der Waals surface area contributed by atoms with E-state index in [-0.39, 0.29) is 6.61 Å². The summed E-state index contributed by atoms with van der Waals surface area (Å²) in [5, 5.41) is 10.3. The fourth-order valence-electron chi connectivity index (χ4n) is 0.549. The van der Waals surface area contributed by atoms with E-state index in [0.29, 0.717) is 6.54 Å². The fourth-order valence-corrected chi connectivity index (χ4v) is 0.549. The average Bonchev–Trinajstić information content (AvgIpc) is 1.83. The first-order valence-electron chi connectivity index (χ1n) is 2.88. The van der Waals surface area contributed by atoms with Crippen LogP contribution in [-0.4, -0.2) is 36.9 Å². The topological polar surface area (TPSA) is 35.5 Å². The van der Waals surface area contributed by atoms with Gasteiger partial charge < -0.3 is 5.11 Å². The van der Waals surface area contributed by atoms with E-state index in [9.17, 15) is 0 Å². The van der Waals surface area contributed by atoms with E-state index < -0.39 is 0 Å². The third-order valence-electron chi connectivity index (χ3n) is 1.07. The smallest absolute Gasteiger partial charge is 0.0572 e. The highest BCUT2D eigenvalue weighted by Crippen LogP contribution is 1.75. The lowest BCUT2D eigenvalue weighted by molar-refractivity contribution is 0.163. The van der Waals surface area contributed by atoms with Crippen LogP contribution in [-0.2, 0) is 0 Å². The Morgan fingerprint density at radius 3 is 2.38 bits per heavy atom. The van der Waals surface area contributed by atoms with Crippen molar-refractivity contribution in [2.45, 2.75) is 6.92 Å². The maximum Gasteiger partial charge on any atom is 0.0572 e. The van der Waals surface area contributed by atoms with Crippen molar-refractivity contribution in [1.82, 2.24) is 10.4 Å². The number of nitrogens with zero attached hydrogens (tertiary/aromatic N) is 1. The van der Waals surface area contributed by atoms with E-state index >= 15 is 0 Å². The van der Waals surface area contributed by atoms with Gasteiger partial charge in [0, 0.05) is 13.1 Å². The molecule has 0 radical (unpaired) electrons. The van der Waals surface area contributed by atoms with Gasteiger partial charge >= 0.3 is 0 Å². The minimum Gasteiger partial charge on any atom is -0.395 e. The van der Waals surface area contributed by atoms with Gasteiger partial charge in [0.25, 0.3) is 0 Å². The average molecular weight is 118 g/mol. The molecule has 0 spiro atoms. The molecule has 0 fully saturated rings. The first kappa shape index (κ1) is 7.88. The molecule has 50 valence electrons. The lowest BCUT2D eigenvalue weighted by Gasteiger charge is -2.16. The molecular formula is C5H14N2O. The predicted octanol–water partition coefficient (Wildman–Crippen LogP) is -0.565. The molecule has 0 amide bonds. The third kappa shape index (κ3) is 2.96. The molecular weight excluding hydrogens is 104 g/mol. The fraction of sp³-hybridized carbons (Fsp3) is 1.00. The van der Waals surface area contributed by atoms with Crippen molar-refractivity contribution in [3.63, 3.8) is 0 Å². The molecule has 0 atom stereocenters. The quantitative estimate of drug-likeness (QED) is 0.485. The van der Waals surface area contributed by atoms with Gasteiger partial charge in [-0.3, -0.25) is 5.43 Å². The maximum absolute atomic E-state index is 8.42. The molecule has 2 N–H and O–H groups in total. The molecule has 3 nitrogen and oxygen atoms in total. The van der Waals surface area contributed by atoms with Gasteiger partial charge in [-0.15, -0.1) is 0 Å². The van der Waals surface area contributed by atoms with Crippen LogP contribution >= 0.6 is 0 Å². The van der Waals surface area contributed by atoms with Crippen LogP contribution in [0.2, 0.25) is 0 Å². The van der Waals surface area contributed by atoms with Crippen LogP contribution in [0, 0.1) is 0 Å².